The molecule has 0 fully saturated rings. The van der Waals surface area contributed by atoms with Gasteiger partial charge in [0.05, 0.1) is 6.10 Å². The lowest BCUT2D eigenvalue weighted by atomic mass is 9.93. The molecular weight excluding hydrogens is 212 g/mol. The van der Waals surface area contributed by atoms with E-state index in [-0.39, 0.29) is 11.1 Å². The summed E-state index contributed by atoms with van der Waals surface area (Å²) in [5, 5.41) is 9.81. The second-order valence-corrected chi connectivity index (χ2v) is 4.28. The van der Waals surface area contributed by atoms with Gasteiger partial charge in [0.1, 0.15) is 0 Å². The van der Waals surface area contributed by atoms with Gasteiger partial charge in [0.25, 0.3) is 5.92 Å². The van der Waals surface area contributed by atoms with Crippen molar-refractivity contribution in [3.63, 3.8) is 0 Å². The Labute approximate surface area is 94.1 Å². The number of benzene rings is 1. The van der Waals surface area contributed by atoms with Gasteiger partial charge in [-0.05, 0) is 19.4 Å². The van der Waals surface area contributed by atoms with E-state index in [4.69, 9.17) is 5.73 Å². The number of aliphatic hydroxyl groups excluding tert-OH is 1. The molecular formula is C12H17F2NO. The van der Waals surface area contributed by atoms with Crippen LogP contribution in [0, 0.1) is 6.92 Å². The molecule has 0 spiro atoms. The van der Waals surface area contributed by atoms with Gasteiger partial charge in [0, 0.05) is 18.5 Å². The number of hydrogen-bond donors (Lipinski definition) is 2. The van der Waals surface area contributed by atoms with E-state index in [0.717, 1.165) is 12.5 Å². The molecule has 4 heteroatoms. The Hall–Kier alpha value is -1.00. The molecule has 2 nitrogen and oxygen atoms in total. The Kier molecular flexibility index (Phi) is 3.65. The lowest BCUT2D eigenvalue weighted by Gasteiger charge is -2.22. The molecule has 90 valence electrons. The van der Waals surface area contributed by atoms with Crippen LogP contribution in [0.4, 0.5) is 8.78 Å². The molecule has 1 aromatic rings. The highest BCUT2D eigenvalue weighted by Crippen LogP contribution is 2.34. The third-order valence-corrected chi connectivity index (χ3v) is 2.50. The average molecular weight is 229 g/mol. The fourth-order valence-electron chi connectivity index (χ4n) is 1.61. The first-order chi connectivity index (χ1) is 7.23. The molecule has 0 saturated carbocycles. The fraction of sp³-hybridized carbons (Fsp3) is 0.500. The Morgan fingerprint density at radius 3 is 2.38 bits per heavy atom. The summed E-state index contributed by atoms with van der Waals surface area (Å²) in [6, 6.07) is 3.92. The van der Waals surface area contributed by atoms with E-state index in [2.05, 4.69) is 0 Å². The maximum absolute atomic E-state index is 13.3. The van der Waals surface area contributed by atoms with Gasteiger partial charge in [0.2, 0.25) is 0 Å². The molecule has 0 amide bonds. The predicted octanol–water partition coefficient (Wildman–Crippen LogP) is 2.49. The van der Waals surface area contributed by atoms with Crippen LogP contribution in [-0.2, 0) is 5.92 Å². The summed E-state index contributed by atoms with van der Waals surface area (Å²) in [6.45, 7) is 4.19. The smallest absolute Gasteiger partial charge is 0.270 e. The van der Waals surface area contributed by atoms with Crippen LogP contribution in [0.5, 0.6) is 0 Å². The highest BCUT2D eigenvalue weighted by molar-refractivity contribution is 5.36. The lowest BCUT2D eigenvalue weighted by molar-refractivity contribution is 0.0131. The van der Waals surface area contributed by atoms with Gasteiger partial charge >= 0.3 is 0 Å². The van der Waals surface area contributed by atoms with Crippen molar-refractivity contribution in [2.24, 2.45) is 5.73 Å². The van der Waals surface area contributed by atoms with Gasteiger partial charge in [-0.3, -0.25) is 0 Å². The van der Waals surface area contributed by atoms with E-state index in [9.17, 15) is 13.9 Å². The molecule has 0 heterocycles. The summed E-state index contributed by atoms with van der Waals surface area (Å²) < 4.78 is 26.6. The first-order valence-electron chi connectivity index (χ1n) is 5.16. The van der Waals surface area contributed by atoms with Crippen molar-refractivity contribution in [1.82, 2.24) is 0 Å². The summed E-state index contributed by atoms with van der Waals surface area (Å²) in [5.41, 5.74) is 6.40. The van der Waals surface area contributed by atoms with Crippen LogP contribution in [0.1, 0.15) is 36.6 Å². The van der Waals surface area contributed by atoms with Crippen LogP contribution < -0.4 is 5.73 Å². The molecule has 0 aromatic heterocycles. The van der Waals surface area contributed by atoms with Gasteiger partial charge in [-0.15, -0.1) is 0 Å². The minimum absolute atomic E-state index is 0.164. The largest absolute Gasteiger partial charge is 0.387 e. The number of aliphatic hydroxyl groups is 1. The molecule has 0 saturated heterocycles. The highest BCUT2D eigenvalue weighted by atomic mass is 19.3. The SMILES string of the molecule is Cc1ccc(C(C)(F)F)c(C(O)C(C)N)c1. The first kappa shape index (κ1) is 13.1. The molecule has 0 aliphatic carbocycles. The lowest BCUT2D eigenvalue weighted by Crippen LogP contribution is -2.27. The summed E-state index contributed by atoms with van der Waals surface area (Å²) >= 11 is 0. The maximum Gasteiger partial charge on any atom is 0.270 e. The maximum atomic E-state index is 13.3. The molecule has 0 radical (unpaired) electrons. The van der Waals surface area contributed by atoms with Gasteiger partial charge in [-0.2, -0.15) is 0 Å². The number of nitrogens with two attached hydrogens (primary N) is 1. The second kappa shape index (κ2) is 4.47. The molecule has 1 aromatic carbocycles. The van der Waals surface area contributed by atoms with E-state index < -0.39 is 18.1 Å². The Morgan fingerprint density at radius 1 is 1.38 bits per heavy atom. The molecule has 0 aliphatic heterocycles. The monoisotopic (exact) mass is 229 g/mol. The van der Waals surface area contributed by atoms with Crippen LogP contribution in [-0.4, -0.2) is 11.1 Å². The van der Waals surface area contributed by atoms with Crippen molar-refractivity contribution in [1.29, 1.82) is 0 Å². The number of alkyl halides is 2. The second-order valence-electron chi connectivity index (χ2n) is 4.28. The summed E-state index contributed by atoms with van der Waals surface area (Å²) in [4.78, 5) is 0. The van der Waals surface area contributed by atoms with Gasteiger partial charge in [-0.1, -0.05) is 23.8 Å². The summed E-state index contributed by atoms with van der Waals surface area (Å²) in [7, 11) is 0. The molecule has 0 bridgehead atoms. The highest BCUT2D eigenvalue weighted by Gasteiger charge is 2.30. The first-order valence-corrected chi connectivity index (χ1v) is 5.16. The molecule has 0 aliphatic rings. The molecule has 16 heavy (non-hydrogen) atoms. The minimum Gasteiger partial charge on any atom is -0.387 e. The van der Waals surface area contributed by atoms with E-state index in [0.29, 0.717) is 0 Å². The predicted molar refractivity (Wildman–Crippen MR) is 59.4 cm³/mol. The zero-order valence-corrected chi connectivity index (χ0v) is 9.67. The normalized spacial score (nSPS) is 15.9. The van der Waals surface area contributed by atoms with E-state index >= 15 is 0 Å². The van der Waals surface area contributed by atoms with Crippen LogP contribution in [0.25, 0.3) is 0 Å². The third kappa shape index (κ3) is 2.77. The quantitative estimate of drug-likeness (QED) is 0.836. The van der Waals surface area contributed by atoms with E-state index in [1.807, 2.05) is 0 Å². The average Bonchev–Trinajstić information content (AvgIpc) is 2.14. The van der Waals surface area contributed by atoms with Gasteiger partial charge < -0.3 is 10.8 Å². The minimum atomic E-state index is -2.97. The van der Waals surface area contributed by atoms with Crippen LogP contribution in [0.3, 0.4) is 0 Å². The number of rotatable bonds is 3. The number of aryl methyl sites for hydroxylation is 1. The third-order valence-electron chi connectivity index (χ3n) is 2.50. The van der Waals surface area contributed by atoms with Crippen molar-refractivity contribution in [2.75, 3.05) is 0 Å². The Morgan fingerprint density at radius 2 is 1.94 bits per heavy atom. The van der Waals surface area contributed by atoms with Crippen molar-refractivity contribution >= 4 is 0 Å². The van der Waals surface area contributed by atoms with Crippen molar-refractivity contribution in [3.05, 3.63) is 34.9 Å². The number of hydrogen-bond acceptors (Lipinski definition) is 2. The van der Waals surface area contributed by atoms with Gasteiger partial charge in [-0.25, -0.2) is 8.78 Å². The summed E-state index contributed by atoms with van der Waals surface area (Å²) in [5.74, 6) is -2.97. The molecule has 1 rings (SSSR count). The zero-order chi connectivity index (χ0) is 12.5. The van der Waals surface area contributed by atoms with E-state index in [1.54, 1.807) is 26.0 Å². The van der Waals surface area contributed by atoms with Crippen molar-refractivity contribution in [2.45, 2.75) is 38.8 Å². The van der Waals surface area contributed by atoms with Crippen LogP contribution in [0.15, 0.2) is 18.2 Å². The Bertz CT molecular complexity index is 372. The van der Waals surface area contributed by atoms with Crippen LogP contribution in [0.2, 0.25) is 0 Å². The zero-order valence-electron chi connectivity index (χ0n) is 9.67. The standard InChI is InChI=1S/C12H17F2NO/c1-7-4-5-10(12(3,13)14)9(6-7)11(16)8(2)15/h4-6,8,11,16H,15H2,1-3H3. The molecule has 2 atom stereocenters. The fourth-order valence-corrected chi connectivity index (χ4v) is 1.61. The van der Waals surface area contributed by atoms with Crippen molar-refractivity contribution < 1.29 is 13.9 Å². The molecule has 3 N–H and O–H groups in total. The van der Waals surface area contributed by atoms with Crippen molar-refractivity contribution in [3.8, 4) is 0 Å². The Balaban J connectivity index is 3.29. The van der Waals surface area contributed by atoms with Crippen LogP contribution >= 0.6 is 0 Å². The number of halogens is 2. The summed E-state index contributed by atoms with van der Waals surface area (Å²) in [6.07, 6.45) is -1.07. The van der Waals surface area contributed by atoms with E-state index in [1.165, 1.54) is 6.07 Å². The topological polar surface area (TPSA) is 46.2 Å². The molecule has 2 unspecified atom stereocenters. The van der Waals surface area contributed by atoms with Gasteiger partial charge in [0.15, 0.2) is 0 Å².